The monoisotopic (exact) mass is 421 g/mol. The maximum absolute atomic E-state index is 12.6. The third-order valence-electron chi connectivity index (χ3n) is 3.75. The number of nitrogens with one attached hydrogen (secondary N) is 2. The van der Waals surface area contributed by atoms with Crippen LogP contribution in [-0.2, 0) is 16.2 Å². The molecular weight excluding hydrogens is 407 g/mol. The number of aromatic nitrogens is 1. The first kappa shape index (κ1) is 20.3. The summed E-state index contributed by atoms with van der Waals surface area (Å²) >= 11 is 0. The number of hydrogen-bond donors (Lipinski definition) is 2. The number of pyridine rings is 1. The van der Waals surface area contributed by atoms with Crippen LogP contribution in [0, 0.1) is 0 Å². The smallest absolute Gasteiger partial charge is 0.321 e. The van der Waals surface area contributed by atoms with Crippen LogP contribution in [-0.4, -0.2) is 19.3 Å². The molecule has 0 atom stereocenters. The average Bonchev–Trinajstić information content (AvgIpc) is 2.68. The van der Waals surface area contributed by atoms with Crippen molar-refractivity contribution >= 4 is 27.3 Å². The Balaban J connectivity index is 1.74. The quantitative estimate of drug-likeness (QED) is 0.648. The van der Waals surface area contributed by atoms with Crippen LogP contribution in [0.3, 0.4) is 0 Å². The largest absolute Gasteiger partial charge is 0.417 e. The summed E-state index contributed by atoms with van der Waals surface area (Å²) in [7, 11) is -3.81. The van der Waals surface area contributed by atoms with Crippen molar-refractivity contribution in [3.8, 4) is 0 Å². The van der Waals surface area contributed by atoms with Crippen LogP contribution < -0.4 is 10.0 Å². The summed E-state index contributed by atoms with van der Waals surface area (Å²) in [4.78, 5) is 15.8. The highest BCUT2D eigenvalue weighted by Crippen LogP contribution is 2.28. The van der Waals surface area contributed by atoms with Crippen LogP contribution in [0.1, 0.15) is 16.1 Å². The third-order valence-corrected chi connectivity index (χ3v) is 5.15. The van der Waals surface area contributed by atoms with E-state index in [4.69, 9.17) is 0 Å². The first-order valence-electron chi connectivity index (χ1n) is 8.18. The summed E-state index contributed by atoms with van der Waals surface area (Å²) in [6.45, 7) is 0. The number of hydrogen-bond acceptors (Lipinski definition) is 4. The number of benzene rings is 2. The highest BCUT2D eigenvalue weighted by atomic mass is 32.2. The highest BCUT2D eigenvalue weighted by Gasteiger charge is 2.30. The lowest BCUT2D eigenvalue weighted by Gasteiger charge is -2.11. The van der Waals surface area contributed by atoms with Crippen molar-refractivity contribution < 1.29 is 26.4 Å². The Labute approximate surface area is 164 Å². The predicted octanol–water partition coefficient (Wildman–Crippen LogP) is 4.15. The molecule has 0 radical (unpaired) electrons. The van der Waals surface area contributed by atoms with E-state index in [1.807, 2.05) is 0 Å². The van der Waals surface area contributed by atoms with Crippen molar-refractivity contribution in [2.75, 3.05) is 10.0 Å². The highest BCUT2D eigenvalue weighted by molar-refractivity contribution is 7.92. The zero-order valence-electron chi connectivity index (χ0n) is 14.6. The summed E-state index contributed by atoms with van der Waals surface area (Å²) in [6, 6.07) is 15.3. The third kappa shape index (κ3) is 5.11. The maximum Gasteiger partial charge on any atom is 0.417 e. The summed E-state index contributed by atoms with van der Waals surface area (Å²) in [5, 5.41) is 2.46. The zero-order chi connectivity index (χ0) is 21.1. The Bertz CT molecular complexity index is 1120. The van der Waals surface area contributed by atoms with Gasteiger partial charge in [-0.25, -0.2) is 8.42 Å². The Morgan fingerprint density at radius 2 is 1.59 bits per heavy atom. The Morgan fingerprint density at radius 1 is 0.897 bits per heavy atom. The topological polar surface area (TPSA) is 88.2 Å². The maximum atomic E-state index is 12.6. The molecule has 0 aliphatic rings. The van der Waals surface area contributed by atoms with Gasteiger partial charge in [0.15, 0.2) is 0 Å². The molecule has 10 heteroatoms. The van der Waals surface area contributed by atoms with E-state index in [1.165, 1.54) is 36.4 Å². The molecule has 0 unspecified atom stereocenters. The van der Waals surface area contributed by atoms with Crippen LogP contribution in [0.2, 0.25) is 0 Å². The van der Waals surface area contributed by atoms with E-state index in [1.54, 1.807) is 18.2 Å². The van der Waals surface area contributed by atoms with Gasteiger partial charge in [0, 0.05) is 11.9 Å². The lowest BCUT2D eigenvalue weighted by molar-refractivity contribution is -0.137. The second-order valence-electron chi connectivity index (χ2n) is 5.88. The van der Waals surface area contributed by atoms with Crippen molar-refractivity contribution in [2.45, 2.75) is 11.1 Å². The van der Waals surface area contributed by atoms with Gasteiger partial charge in [0.2, 0.25) is 0 Å². The van der Waals surface area contributed by atoms with Gasteiger partial charge in [-0.2, -0.15) is 13.2 Å². The molecule has 1 amide bonds. The van der Waals surface area contributed by atoms with E-state index in [2.05, 4.69) is 15.0 Å². The number of nitrogens with zero attached hydrogens (tertiary/aromatic N) is 1. The molecule has 150 valence electrons. The molecule has 0 spiro atoms. The van der Waals surface area contributed by atoms with E-state index >= 15 is 0 Å². The fourth-order valence-electron chi connectivity index (χ4n) is 2.37. The van der Waals surface area contributed by atoms with Crippen molar-refractivity contribution in [2.24, 2.45) is 0 Å². The number of sulfonamides is 1. The minimum Gasteiger partial charge on any atom is -0.321 e. The molecule has 0 saturated heterocycles. The molecule has 3 rings (SSSR count). The number of amides is 1. The molecule has 2 N–H and O–H groups in total. The van der Waals surface area contributed by atoms with Crippen molar-refractivity contribution in [1.29, 1.82) is 0 Å². The van der Waals surface area contributed by atoms with E-state index in [-0.39, 0.29) is 22.0 Å². The molecule has 1 aromatic heterocycles. The number of halogens is 3. The normalized spacial score (nSPS) is 11.7. The van der Waals surface area contributed by atoms with Gasteiger partial charge in [0.25, 0.3) is 15.9 Å². The van der Waals surface area contributed by atoms with Crippen molar-refractivity contribution in [1.82, 2.24) is 4.98 Å². The number of anilines is 2. The Morgan fingerprint density at radius 3 is 2.21 bits per heavy atom. The standard InChI is InChI=1S/C19H14F3N3O3S/c20-19(21,22)13-9-10-17(23-12-13)18(26)24-14-5-4-6-15(11-14)25-29(27,28)16-7-2-1-3-8-16/h1-12,25H,(H,24,26). The van der Waals surface area contributed by atoms with E-state index in [9.17, 15) is 26.4 Å². The first-order chi connectivity index (χ1) is 13.6. The summed E-state index contributed by atoms with van der Waals surface area (Å²) < 4.78 is 64.9. The molecule has 1 heterocycles. The lowest BCUT2D eigenvalue weighted by atomic mass is 10.2. The molecule has 3 aromatic rings. The van der Waals surface area contributed by atoms with Gasteiger partial charge in [-0.3, -0.25) is 14.5 Å². The predicted molar refractivity (Wildman–Crippen MR) is 101 cm³/mol. The van der Waals surface area contributed by atoms with Gasteiger partial charge in [0.1, 0.15) is 5.69 Å². The van der Waals surface area contributed by atoms with Crippen LogP contribution in [0.5, 0.6) is 0 Å². The summed E-state index contributed by atoms with van der Waals surface area (Å²) in [6.07, 6.45) is -3.98. The molecular formula is C19H14F3N3O3S. The van der Waals surface area contributed by atoms with Crippen LogP contribution >= 0.6 is 0 Å². The van der Waals surface area contributed by atoms with E-state index < -0.39 is 27.7 Å². The van der Waals surface area contributed by atoms with Crippen molar-refractivity contribution in [3.63, 3.8) is 0 Å². The second kappa shape index (κ2) is 7.92. The number of carbonyl (C=O) groups is 1. The van der Waals surface area contributed by atoms with Gasteiger partial charge in [-0.1, -0.05) is 24.3 Å². The van der Waals surface area contributed by atoms with Gasteiger partial charge in [-0.15, -0.1) is 0 Å². The van der Waals surface area contributed by atoms with Gasteiger partial charge in [0.05, 0.1) is 16.1 Å². The lowest BCUT2D eigenvalue weighted by Crippen LogP contribution is -2.16. The SMILES string of the molecule is O=C(Nc1cccc(NS(=O)(=O)c2ccccc2)c1)c1ccc(C(F)(F)F)cn1. The minimum atomic E-state index is -4.55. The molecule has 0 aliphatic carbocycles. The molecule has 0 saturated carbocycles. The van der Waals surface area contributed by atoms with Crippen LogP contribution in [0.15, 0.2) is 77.8 Å². The molecule has 29 heavy (non-hydrogen) atoms. The second-order valence-corrected chi connectivity index (χ2v) is 7.57. The number of rotatable bonds is 5. The summed E-state index contributed by atoms with van der Waals surface area (Å²) in [5.74, 6) is -0.734. The Hall–Kier alpha value is -3.40. The molecule has 6 nitrogen and oxygen atoms in total. The van der Waals surface area contributed by atoms with Crippen molar-refractivity contribution in [3.05, 3.63) is 84.2 Å². The molecule has 2 aromatic carbocycles. The van der Waals surface area contributed by atoms with Crippen LogP contribution in [0.25, 0.3) is 0 Å². The average molecular weight is 421 g/mol. The number of carbonyl (C=O) groups excluding carboxylic acids is 1. The van der Waals surface area contributed by atoms with E-state index in [0.717, 1.165) is 12.1 Å². The fraction of sp³-hybridized carbons (Fsp3) is 0.0526. The first-order valence-corrected chi connectivity index (χ1v) is 9.66. The number of alkyl halides is 3. The Kier molecular flexibility index (Phi) is 5.55. The molecule has 0 fully saturated rings. The molecule has 0 bridgehead atoms. The zero-order valence-corrected chi connectivity index (χ0v) is 15.5. The summed E-state index contributed by atoms with van der Waals surface area (Å²) in [5.41, 5.74) is -0.739. The van der Waals surface area contributed by atoms with E-state index in [0.29, 0.717) is 6.20 Å². The fourth-order valence-corrected chi connectivity index (χ4v) is 3.44. The van der Waals surface area contributed by atoms with Gasteiger partial charge < -0.3 is 5.32 Å². The molecule has 0 aliphatic heterocycles. The minimum absolute atomic E-state index is 0.0726. The van der Waals surface area contributed by atoms with Gasteiger partial charge >= 0.3 is 6.18 Å². The van der Waals surface area contributed by atoms with Gasteiger partial charge in [-0.05, 0) is 42.5 Å². The van der Waals surface area contributed by atoms with Crippen LogP contribution in [0.4, 0.5) is 24.5 Å².